The van der Waals surface area contributed by atoms with Crippen molar-refractivity contribution in [2.75, 3.05) is 0 Å². The molecule has 1 aromatic rings. The highest BCUT2D eigenvalue weighted by molar-refractivity contribution is 5.83. The Balaban J connectivity index is 2.74. The van der Waals surface area contributed by atoms with Gasteiger partial charge in [0.25, 0.3) is 0 Å². The van der Waals surface area contributed by atoms with E-state index in [1.54, 1.807) is 24.3 Å². The van der Waals surface area contributed by atoms with Crippen LogP contribution in [0.25, 0.3) is 0 Å². The Bertz CT molecular complexity index is 297. The van der Waals surface area contributed by atoms with Gasteiger partial charge >= 0.3 is 0 Å². The SMILES string of the molecule is O=CN/N=C/c1ccccc1O. The Morgan fingerprint density at radius 1 is 1.42 bits per heavy atom. The highest BCUT2D eigenvalue weighted by Crippen LogP contribution is 2.12. The first-order valence-electron chi connectivity index (χ1n) is 3.35. The summed E-state index contributed by atoms with van der Waals surface area (Å²) >= 11 is 0. The second-order valence-electron chi connectivity index (χ2n) is 2.06. The lowest BCUT2D eigenvalue weighted by Crippen LogP contribution is -2.00. The molecule has 0 aromatic heterocycles. The molecule has 0 aliphatic heterocycles. The molecule has 0 radical (unpaired) electrons. The molecule has 62 valence electrons. The number of amides is 1. The molecule has 0 fully saturated rings. The third-order valence-corrected chi connectivity index (χ3v) is 1.27. The van der Waals surface area contributed by atoms with Gasteiger partial charge in [-0.25, -0.2) is 5.43 Å². The van der Waals surface area contributed by atoms with Crippen LogP contribution in [0.4, 0.5) is 0 Å². The molecule has 0 bridgehead atoms. The predicted molar refractivity (Wildman–Crippen MR) is 44.9 cm³/mol. The maximum absolute atomic E-state index is 9.79. The molecular formula is C8H8N2O2. The van der Waals surface area contributed by atoms with E-state index >= 15 is 0 Å². The average molecular weight is 164 g/mol. The summed E-state index contributed by atoms with van der Waals surface area (Å²) in [6.45, 7) is 0. The van der Waals surface area contributed by atoms with Gasteiger partial charge in [-0.05, 0) is 12.1 Å². The van der Waals surface area contributed by atoms with Crippen LogP contribution in [0.2, 0.25) is 0 Å². The van der Waals surface area contributed by atoms with Crippen molar-refractivity contribution in [1.29, 1.82) is 0 Å². The number of carbonyl (C=O) groups excluding carboxylic acids is 1. The van der Waals surface area contributed by atoms with Crippen LogP contribution in [-0.4, -0.2) is 17.7 Å². The molecule has 0 saturated heterocycles. The number of hydrogen-bond acceptors (Lipinski definition) is 3. The summed E-state index contributed by atoms with van der Waals surface area (Å²) < 4.78 is 0. The van der Waals surface area contributed by atoms with Crippen molar-refractivity contribution in [1.82, 2.24) is 5.43 Å². The molecule has 0 heterocycles. The zero-order valence-electron chi connectivity index (χ0n) is 6.27. The summed E-state index contributed by atoms with van der Waals surface area (Å²) in [6.07, 6.45) is 1.82. The summed E-state index contributed by atoms with van der Waals surface area (Å²) in [5.74, 6) is 0.133. The highest BCUT2D eigenvalue weighted by Gasteiger charge is 1.93. The quantitative estimate of drug-likeness (QED) is 0.387. The van der Waals surface area contributed by atoms with Crippen LogP contribution in [0.15, 0.2) is 29.4 Å². The van der Waals surface area contributed by atoms with Crippen LogP contribution in [-0.2, 0) is 4.79 Å². The molecule has 1 rings (SSSR count). The van der Waals surface area contributed by atoms with Crippen molar-refractivity contribution in [2.24, 2.45) is 5.10 Å². The van der Waals surface area contributed by atoms with E-state index in [0.717, 1.165) is 0 Å². The molecule has 4 nitrogen and oxygen atoms in total. The lowest BCUT2D eigenvalue weighted by molar-refractivity contribution is -0.109. The number of phenolic OH excluding ortho intramolecular Hbond substituents is 1. The van der Waals surface area contributed by atoms with Crippen molar-refractivity contribution in [3.8, 4) is 5.75 Å². The van der Waals surface area contributed by atoms with Gasteiger partial charge in [0.05, 0.1) is 6.21 Å². The van der Waals surface area contributed by atoms with E-state index in [1.165, 1.54) is 6.21 Å². The first-order chi connectivity index (χ1) is 5.84. The molecule has 0 aliphatic carbocycles. The van der Waals surface area contributed by atoms with Gasteiger partial charge in [-0.3, -0.25) is 4.79 Å². The third-order valence-electron chi connectivity index (χ3n) is 1.27. The van der Waals surface area contributed by atoms with Crippen molar-refractivity contribution in [3.05, 3.63) is 29.8 Å². The molecule has 0 spiro atoms. The molecular weight excluding hydrogens is 156 g/mol. The zero-order valence-corrected chi connectivity index (χ0v) is 6.27. The molecule has 1 aromatic carbocycles. The van der Waals surface area contributed by atoms with Crippen molar-refractivity contribution in [3.63, 3.8) is 0 Å². The van der Waals surface area contributed by atoms with Gasteiger partial charge in [0.2, 0.25) is 6.41 Å². The van der Waals surface area contributed by atoms with Gasteiger partial charge < -0.3 is 5.11 Å². The minimum Gasteiger partial charge on any atom is -0.507 e. The van der Waals surface area contributed by atoms with E-state index in [-0.39, 0.29) is 5.75 Å². The number of benzene rings is 1. The summed E-state index contributed by atoms with van der Waals surface area (Å²) in [6, 6.07) is 6.70. The van der Waals surface area contributed by atoms with Crippen molar-refractivity contribution < 1.29 is 9.90 Å². The van der Waals surface area contributed by atoms with Crippen molar-refractivity contribution >= 4 is 12.6 Å². The van der Waals surface area contributed by atoms with Crippen molar-refractivity contribution in [2.45, 2.75) is 0 Å². The van der Waals surface area contributed by atoms with E-state index in [9.17, 15) is 9.90 Å². The fourth-order valence-corrected chi connectivity index (χ4v) is 0.734. The van der Waals surface area contributed by atoms with Gasteiger partial charge in [-0.2, -0.15) is 5.10 Å². The van der Waals surface area contributed by atoms with Gasteiger partial charge in [-0.15, -0.1) is 0 Å². The van der Waals surface area contributed by atoms with E-state index in [2.05, 4.69) is 10.5 Å². The van der Waals surface area contributed by atoms with E-state index in [1.807, 2.05) is 0 Å². The minimum atomic E-state index is 0.133. The van der Waals surface area contributed by atoms with Crippen LogP contribution in [0, 0.1) is 0 Å². The normalized spacial score (nSPS) is 10.0. The molecule has 1 amide bonds. The van der Waals surface area contributed by atoms with Crippen LogP contribution in [0.3, 0.4) is 0 Å². The topological polar surface area (TPSA) is 61.7 Å². The fourth-order valence-electron chi connectivity index (χ4n) is 0.734. The first-order valence-corrected chi connectivity index (χ1v) is 3.35. The number of carbonyl (C=O) groups is 1. The second-order valence-corrected chi connectivity index (χ2v) is 2.06. The Morgan fingerprint density at radius 3 is 2.83 bits per heavy atom. The Labute approximate surface area is 69.5 Å². The summed E-state index contributed by atoms with van der Waals surface area (Å²) in [5, 5.41) is 12.7. The van der Waals surface area contributed by atoms with E-state index in [4.69, 9.17) is 0 Å². The van der Waals surface area contributed by atoms with Gasteiger partial charge in [0.1, 0.15) is 5.75 Å². The predicted octanol–water partition coefficient (Wildman–Crippen LogP) is 0.472. The summed E-state index contributed by atoms with van der Waals surface area (Å²) in [5.41, 5.74) is 2.66. The smallest absolute Gasteiger partial charge is 0.227 e. The number of hydrogen-bond donors (Lipinski definition) is 2. The van der Waals surface area contributed by atoms with Crippen LogP contribution in [0.5, 0.6) is 5.75 Å². The maximum Gasteiger partial charge on any atom is 0.227 e. The Hall–Kier alpha value is -1.84. The number of phenols is 1. The third kappa shape index (κ3) is 2.09. The largest absolute Gasteiger partial charge is 0.507 e. The molecule has 12 heavy (non-hydrogen) atoms. The maximum atomic E-state index is 9.79. The minimum absolute atomic E-state index is 0.133. The molecule has 4 heteroatoms. The molecule has 0 atom stereocenters. The number of rotatable bonds is 3. The monoisotopic (exact) mass is 164 g/mol. The molecule has 0 aliphatic rings. The summed E-state index contributed by atoms with van der Waals surface area (Å²) in [7, 11) is 0. The number of para-hydroxylation sites is 1. The van der Waals surface area contributed by atoms with Crippen LogP contribution >= 0.6 is 0 Å². The first kappa shape index (κ1) is 8.26. The molecule has 0 saturated carbocycles. The van der Waals surface area contributed by atoms with Gasteiger partial charge in [-0.1, -0.05) is 12.1 Å². The van der Waals surface area contributed by atoms with Crippen LogP contribution < -0.4 is 5.43 Å². The highest BCUT2D eigenvalue weighted by atomic mass is 16.3. The number of hydrazone groups is 1. The van der Waals surface area contributed by atoms with Gasteiger partial charge in [0, 0.05) is 5.56 Å². The number of aromatic hydroxyl groups is 1. The van der Waals surface area contributed by atoms with E-state index < -0.39 is 0 Å². The van der Waals surface area contributed by atoms with Crippen LogP contribution in [0.1, 0.15) is 5.56 Å². The Morgan fingerprint density at radius 2 is 2.17 bits per heavy atom. The average Bonchev–Trinajstić information content (AvgIpc) is 2.09. The van der Waals surface area contributed by atoms with Gasteiger partial charge in [0.15, 0.2) is 0 Å². The number of nitrogens with one attached hydrogen (secondary N) is 1. The fraction of sp³-hybridized carbons (Fsp3) is 0. The second kappa shape index (κ2) is 4.12. The lowest BCUT2D eigenvalue weighted by atomic mass is 10.2. The molecule has 2 N–H and O–H groups in total. The molecule has 0 unspecified atom stereocenters. The Kier molecular flexibility index (Phi) is 2.84. The lowest BCUT2D eigenvalue weighted by Gasteiger charge is -1.95. The summed E-state index contributed by atoms with van der Waals surface area (Å²) in [4.78, 5) is 9.79. The van der Waals surface area contributed by atoms with E-state index in [0.29, 0.717) is 12.0 Å². The standard InChI is InChI=1S/C8H8N2O2/c11-6-10-9-5-7-3-1-2-4-8(7)12/h1-6,12H,(H,10,11)/b9-5+. The zero-order chi connectivity index (χ0) is 8.81. The number of nitrogens with zero attached hydrogens (tertiary/aromatic N) is 1.